The molecule has 0 saturated carbocycles. The summed E-state index contributed by atoms with van der Waals surface area (Å²) in [4.78, 5) is 49.3. The van der Waals surface area contributed by atoms with Crippen molar-refractivity contribution in [3.8, 4) is 17.0 Å². The molecule has 0 radical (unpaired) electrons. The molecule has 5 N–H and O–H groups in total. The van der Waals surface area contributed by atoms with Crippen molar-refractivity contribution in [1.82, 2.24) is 19.7 Å². The van der Waals surface area contributed by atoms with Crippen molar-refractivity contribution in [1.29, 1.82) is 0 Å². The second kappa shape index (κ2) is 6.39. The summed E-state index contributed by atoms with van der Waals surface area (Å²) >= 11 is 0. The topological polar surface area (TPSA) is 170 Å². The van der Waals surface area contributed by atoms with Gasteiger partial charge in [-0.3, -0.25) is 19.6 Å². The molecule has 0 spiro atoms. The lowest BCUT2D eigenvalue weighted by molar-refractivity contribution is 0.102. The zero-order chi connectivity index (χ0) is 18.8. The fraction of sp³-hybridized carbons (Fsp3) is 0. The van der Waals surface area contributed by atoms with Gasteiger partial charge in [0.15, 0.2) is 5.56 Å². The van der Waals surface area contributed by atoms with E-state index >= 15 is 0 Å². The molecule has 0 aliphatic carbocycles. The van der Waals surface area contributed by atoms with Gasteiger partial charge in [0.2, 0.25) is 5.88 Å². The Bertz CT molecular complexity index is 1110. The van der Waals surface area contributed by atoms with E-state index < -0.39 is 34.7 Å². The molecule has 2 heterocycles. The highest BCUT2D eigenvalue weighted by Gasteiger charge is 2.17. The number of H-pyrrole nitrogens is 2. The Labute approximate surface area is 143 Å². The Hall–Kier alpha value is -4.15. The van der Waals surface area contributed by atoms with Crippen LogP contribution < -0.4 is 16.6 Å². The van der Waals surface area contributed by atoms with Gasteiger partial charge in [-0.1, -0.05) is 12.1 Å². The molecule has 3 rings (SSSR count). The minimum Gasteiger partial charge on any atom is -0.494 e. The van der Waals surface area contributed by atoms with Crippen LogP contribution in [-0.4, -0.2) is 42.0 Å². The lowest BCUT2D eigenvalue weighted by atomic mass is 10.1. The standard InChI is InChI=1S/C15H11N5O6/c21-11(10-12(22)18-14(24)19-13(10)23)17-9-3-1-7(2-4-9)8-5-16-20(6-8)15(25)26/h1-6H,(H,17,21)(H,25,26)(H3,18,19,22,23,24). The number of nitrogens with zero attached hydrogens (tertiary/aromatic N) is 2. The Morgan fingerprint density at radius 3 is 2.35 bits per heavy atom. The van der Waals surface area contributed by atoms with Crippen molar-refractivity contribution in [2.24, 2.45) is 0 Å². The second-order valence-electron chi connectivity index (χ2n) is 5.12. The van der Waals surface area contributed by atoms with E-state index in [4.69, 9.17) is 5.11 Å². The Balaban J connectivity index is 1.81. The smallest absolute Gasteiger partial charge is 0.432 e. The third-order valence-electron chi connectivity index (χ3n) is 3.40. The molecule has 132 valence electrons. The number of rotatable bonds is 3. The number of carbonyl (C=O) groups excluding carboxylic acids is 1. The summed E-state index contributed by atoms with van der Waals surface area (Å²) in [5.41, 5.74) is -1.07. The third kappa shape index (κ3) is 3.21. The van der Waals surface area contributed by atoms with E-state index in [0.717, 1.165) is 4.68 Å². The van der Waals surface area contributed by atoms with Crippen molar-refractivity contribution < 1.29 is 19.8 Å². The van der Waals surface area contributed by atoms with Crippen LogP contribution in [0.4, 0.5) is 10.5 Å². The molecule has 3 aromatic rings. The van der Waals surface area contributed by atoms with E-state index in [-0.39, 0.29) is 0 Å². The molecule has 0 bridgehead atoms. The first-order valence-electron chi connectivity index (χ1n) is 7.10. The van der Waals surface area contributed by atoms with Crippen LogP contribution in [0.1, 0.15) is 10.4 Å². The maximum Gasteiger partial charge on any atom is 0.432 e. The van der Waals surface area contributed by atoms with E-state index in [1.54, 1.807) is 12.1 Å². The first-order valence-corrected chi connectivity index (χ1v) is 7.10. The van der Waals surface area contributed by atoms with Crippen LogP contribution in [0.2, 0.25) is 0 Å². The number of aromatic amines is 2. The van der Waals surface area contributed by atoms with E-state index in [9.17, 15) is 24.3 Å². The largest absolute Gasteiger partial charge is 0.494 e. The van der Waals surface area contributed by atoms with Crippen LogP contribution in [-0.2, 0) is 0 Å². The van der Waals surface area contributed by atoms with Gasteiger partial charge in [-0.2, -0.15) is 9.78 Å². The summed E-state index contributed by atoms with van der Waals surface area (Å²) in [7, 11) is 0. The highest BCUT2D eigenvalue weighted by molar-refractivity contribution is 6.05. The number of carboxylic acid groups (broad SMARTS) is 1. The van der Waals surface area contributed by atoms with Gasteiger partial charge in [0.25, 0.3) is 11.5 Å². The van der Waals surface area contributed by atoms with Crippen molar-refractivity contribution in [2.75, 3.05) is 5.32 Å². The fourth-order valence-corrected chi connectivity index (χ4v) is 2.20. The quantitative estimate of drug-likeness (QED) is 0.452. The van der Waals surface area contributed by atoms with Crippen LogP contribution >= 0.6 is 0 Å². The van der Waals surface area contributed by atoms with Crippen LogP contribution in [0.3, 0.4) is 0 Å². The van der Waals surface area contributed by atoms with Gasteiger partial charge in [-0.25, -0.2) is 9.59 Å². The van der Waals surface area contributed by atoms with Crippen LogP contribution in [0.25, 0.3) is 11.1 Å². The molecule has 0 fully saturated rings. The van der Waals surface area contributed by atoms with Gasteiger partial charge in [0, 0.05) is 17.4 Å². The highest BCUT2D eigenvalue weighted by atomic mass is 16.4. The molecule has 0 aliphatic heterocycles. The van der Waals surface area contributed by atoms with Gasteiger partial charge in [-0.15, -0.1) is 0 Å². The SMILES string of the molecule is O=C(Nc1ccc(-c2cnn(C(=O)O)c2)cc1)c1c(O)[nH]c(=O)[nH]c1=O. The Morgan fingerprint density at radius 2 is 1.77 bits per heavy atom. The molecular weight excluding hydrogens is 346 g/mol. The predicted octanol–water partition coefficient (Wildman–Crippen LogP) is 0.411. The molecule has 2 aromatic heterocycles. The van der Waals surface area contributed by atoms with Crippen LogP contribution in [0.15, 0.2) is 46.2 Å². The second-order valence-corrected chi connectivity index (χ2v) is 5.12. The number of hydrogen-bond donors (Lipinski definition) is 5. The molecule has 11 heteroatoms. The number of carbonyl (C=O) groups is 2. The molecule has 0 aliphatic rings. The number of anilines is 1. The fourth-order valence-electron chi connectivity index (χ4n) is 2.20. The summed E-state index contributed by atoms with van der Waals surface area (Å²) in [6.45, 7) is 0. The number of nitrogens with one attached hydrogen (secondary N) is 3. The predicted molar refractivity (Wildman–Crippen MR) is 88.4 cm³/mol. The zero-order valence-corrected chi connectivity index (χ0v) is 12.9. The minimum atomic E-state index is -1.22. The van der Waals surface area contributed by atoms with Crippen LogP contribution in [0.5, 0.6) is 5.88 Å². The van der Waals surface area contributed by atoms with Gasteiger partial charge in [-0.05, 0) is 17.7 Å². The number of hydrogen-bond acceptors (Lipinski definition) is 6. The average molecular weight is 357 g/mol. The summed E-state index contributed by atoms with van der Waals surface area (Å²) in [6, 6.07) is 6.25. The van der Waals surface area contributed by atoms with Gasteiger partial charge >= 0.3 is 11.8 Å². The third-order valence-corrected chi connectivity index (χ3v) is 3.40. The molecule has 1 amide bonds. The lowest BCUT2D eigenvalue weighted by Gasteiger charge is -2.06. The van der Waals surface area contributed by atoms with Gasteiger partial charge < -0.3 is 15.5 Å². The van der Waals surface area contributed by atoms with Crippen molar-refractivity contribution in [3.05, 3.63) is 63.1 Å². The monoisotopic (exact) mass is 357 g/mol. The Morgan fingerprint density at radius 1 is 1.08 bits per heavy atom. The highest BCUT2D eigenvalue weighted by Crippen LogP contribution is 2.21. The molecule has 26 heavy (non-hydrogen) atoms. The first kappa shape index (κ1) is 16.7. The molecule has 0 unspecified atom stereocenters. The summed E-state index contributed by atoms with van der Waals surface area (Å²) in [5, 5.41) is 24.5. The van der Waals surface area contributed by atoms with Crippen LogP contribution in [0, 0.1) is 0 Å². The number of aromatic hydroxyl groups is 1. The summed E-state index contributed by atoms with van der Waals surface area (Å²) < 4.78 is 0.760. The first-order chi connectivity index (χ1) is 12.3. The summed E-state index contributed by atoms with van der Waals surface area (Å²) in [6.07, 6.45) is 1.49. The summed E-state index contributed by atoms with van der Waals surface area (Å²) in [5.74, 6) is -1.75. The van der Waals surface area contributed by atoms with Gasteiger partial charge in [0.05, 0.1) is 6.20 Å². The number of aromatic nitrogens is 4. The van der Waals surface area contributed by atoms with Gasteiger partial charge in [0.1, 0.15) is 0 Å². The maximum absolute atomic E-state index is 12.1. The van der Waals surface area contributed by atoms with E-state index in [0.29, 0.717) is 16.8 Å². The molecule has 11 nitrogen and oxygen atoms in total. The minimum absolute atomic E-state index is 0.314. The van der Waals surface area contributed by atoms with E-state index in [2.05, 4.69) is 10.4 Å². The van der Waals surface area contributed by atoms with E-state index in [1.807, 2.05) is 9.97 Å². The van der Waals surface area contributed by atoms with Crippen molar-refractivity contribution >= 4 is 17.7 Å². The molecule has 0 atom stereocenters. The maximum atomic E-state index is 12.1. The lowest BCUT2D eigenvalue weighted by Crippen LogP contribution is -2.30. The van der Waals surface area contributed by atoms with Crippen molar-refractivity contribution in [3.63, 3.8) is 0 Å². The normalized spacial score (nSPS) is 10.5. The zero-order valence-electron chi connectivity index (χ0n) is 12.9. The average Bonchev–Trinajstić information content (AvgIpc) is 3.04. The van der Waals surface area contributed by atoms with Crippen molar-refractivity contribution in [2.45, 2.75) is 0 Å². The molecule has 1 aromatic carbocycles. The number of benzene rings is 1. The molecule has 0 saturated heterocycles. The Kier molecular flexibility index (Phi) is 4.11. The molecular formula is C15H11N5O6. The number of amides is 1. The van der Waals surface area contributed by atoms with E-state index in [1.165, 1.54) is 24.5 Å².